The molecule has 1 unspecified atom stereocenters. The SMILES string of the molecule is CC1CCCC/C1=N\Nc1nc(-c2ccc3ccccc3c2)cs1. The average Bonchev–Trinajstić information content (AvgIpc) is 3.10. The van der Waals surface area contributed by atoms with E-state index in [4.69, 9.17) is 4.98 Å². The quantitative estimate of drug-likeness (QED) is 0.601. The number of aromatic nitrogens is 1. The first-order chi connectivity index (χ1) is 11.8. The molecule has 1 aromatic heterocycles. The Morgan fingerprint density at radius 1 is 1.12 bits per heavy atom. The summed E-state index contributed by atoms with van der Waals surface area (Å²) in [6.45, 7) is 2.27. The Morgan fingerprint density at radius 3 is 2.88 bits per heavy atom. The second-order valence-corrected chi connectivity index (χ2v) is 7.32. The van der Waals surface area contributed by atoms with E-state index in [-0.39, 0.29) is 0 Å². The Labute approximate surface area is 146 Å². The maximum absolute atomic E-state index is 4.70. The molecule has 3 nitrogen and oxygen atoms in total. The first kappa shape index (κ1) is 15.3. The molecule has 1 heterocycles. The van der Waals surface area contributed by atoms with E-state index < -0.39 is 0 Å². The van der Waals surface area contributed by atoms with Gasteiger partial charge in [0.1, 0.15) is 0 Å². The van der Waals surface area contributed by atoms with E-state index in [1.807, 2.05) is 0 Å². The average molecular weight is 335 g/mol. The number of hydrazone groups is 1. The van der Waals surface area contributed by atoms with Gasteiger partial charge >= 0.3 is 0 Å². The van der Waals surface area contributed by atoms with Crippen molar-refractivity contribution in [2.45, 2.75) is 32.6 Å². The summed E-state index contributed by atoms with van der Waals surface area (Å²) in [5.74, 6) is 0.589. The van der Waals surface area contributed by atoms with E-state index in [9.17, 15) is 0 Å². The van der Waals surface area contributed by atoms with E-state index in [0.29, 0.717) is 5.92 Å². The summed E-state index contributed by atoms with van der Waals surface area (Å²) in [4.78, 5) is 4.70. The van der Waals surface area contributed by atoms with Crippen molar-refractivity contribution in [2.75, 3.05) is 5.43 Å². The third kappa shape index (κ3) is 3.20. The normalized spacial score (nSPS) is 19.7. The highest BCUT2D eigenvalue weighted by Crippen LogP contribution is 2.28. The second-order valence-electron chi connectivity index (χ2n) is 6.46. The van der Waals surface area contributed by atoms with Crippen LogP contribution in [-0.4, -0.2) is 10.7 Å². The molecule has 1 atom stereocenters. The number of hydrogen-bond acceptors (Lipinski definition) is 4. The van der Waals surface area contributed by atoms with Gasteiger partial charge in [-0.25, -0.2) is 4.98 Å². The van der Waals surface area contributed by atoms with Crippen molar-refractivity contribution in [1.29, 1.82) is 0 Å². The summed E-state index contributed by atoms with van der Waals surface area (Å²) in [6, 6.07) is 14.9. The highest BCUT2D eigenvalue weighted by molar-refractivity contribution is 7.14. The van der Waals surface area contributed by atoms with Crippen LogP contribution in [0.25, 0.3) is 22.0 Å². The number of rotatable bonds is 3. The number of fused-ring (bicyclic) bond motifs is 1. The summed E-state index contributed by atoms with van der Waals surface area (Å²) in [7, 11) is 0. The minimum Gasteiger partial charge on any atom is -0.253 e. The minimum absolute atomic E-state index is 0.589. The van der Waals surface area contributed by atoms with Gasteiger partial charge < -0.3 is 0 Å². The molecule has 0 amide bonds. The molecule has 1 aliphatic carbocycles. The predicted octanol–water partition coefficient (Wildman–Crippen LogP) is 5.94. The molecular formula is C20H21N3S. The van der Waals surface area contributed by atoms with Gasteiger partial charge in [0.2, 0.25) is 5.13 Å². The van der Waals surface area contributed by atoms with Gasteiger partial charge in [-0.3, -0.25) is 5.43 Å². The molecule has 1 fully saturated rings. The van der Waals surface area contributed by atoms with Gasteiger partial charge in [-0.15, -0.1) is 11.3 Å². The van der Waals surface area contributed by atoms with Crippen LogP contribution in [0.2, 0.25) is 0 Å². The highest BCUT2D eigenvalue weighted by atomic mass is 32.1. The van der Waals surface area contributed by atoms with Gasteiger partial charge in [-0.2, -0.15) is 5.10 Å². The molecule has 1 N–H and O–H groups in total. The standard InChI is InChI=1S/C20H21N3S/c1-14-6-2-5-9-18(14)22-23-20-21-19(13-24-20)17-11-10-15-7-3-4-8-16(15)12-17/h3-4,7-8,10-14H,2,5-6,9H2,1H3,(H,21,23)/b22-18+. The van der Waals surface area contributed by atoms with E-state index in [1.165, 1.54) is 35.7 Å². The molecule has 0 aliphatic heterocycles. The topological polar surface area (TPSA) is 37.3 Å². The van der Waals surface area contributed by atoms with Crippen molar-refractivity contribution in [2.24, 2.45) is 11.0 Å². The van der Waals surface area contributed by atoms with Crippen molar-refractivity contribution >= 4 is 33.0 Å². The van der Waals surface area contributed by atoms with Gasteiger partial charge in [-0.05, 0) is 42.0 Å². The molecular weight excluding hydrogens is 314 g/mol. The Morgan fingerprint density at radius 2 is 2.00 bits per heavy atom. The van der Waals surface area contributed by atoms with Crippen molar-refractivity contribution in [3.63, 3.8) is 0 Å². The summed E-state index contributed by atoms with van der Waals surface area (Å²) < 4.78 is 0. The lowest BCUT2D eigenvalue weighted by Gasteiger charge is -2.19. The van der Waals surface area contributed by atoms with E-state index in [2.05, 4.69) is 65.3 Å². The maximum Gasteiger partial charge on any atom is 0.203 e. The first-order valence-corrected chi connectivity index (χ1v) is 9.45. The maximum atomic E-state index is 4.70. The van der Waals surface area contributed by atoms with Gasteiger partial charge in [0.15, 0.2) is 0 Å². The fourth-order valence-corrected chi connectivity index (χ4v) is 3.92. The summed E-state index contributed by atoms with van der Waals surface area (Å²) in [5, 5.41) is 10.1. The molecule has 122 valence electrons. The number of benzene rings is 2. The van der Waals surface area contributed by atoms with E-state index in [0.717, 1.165) is 22.8 Å². The van der Waals surface area contributed by atoms with Crippen molar-refractivity contribution in [3.8, 4) is 11.3 Å². The van der Waals surface area contributed by atoms with Crippen LogP contribution in [0.1, 0.15) is 32.6 Å². The zero-order valence-corrected chi connectivity index (χ0v) is 14.6. The number of thiazole rings is 1. The second kappa shape index (κ2) is 6.73. The van der Waals surface area contributed by atoms with E-state index in [1.54, 1.807) is 11.3 Å². The molecule has 2 aromatic carbocycles. The van der Waals surface area contributed by atoms with Gasteiger partial charge in [-0.1, -0.05) is 49.7 Å². The molecule has 0 bridgehead atoms. The predicted molar refractivity (Wildman–Crippen MR) is 104 cm³/mol. The summed E-state index contributed by atoms with van der Waals surface area (Å²) in [5.41, 5.74) is 6.60. The van der Waals surface area contributed by atoms with Crippen LogP contribution in [0.5, 0.6) is 0 Å². The minimum atomic E-state index is 0.589. The number of nitrogens with one attached hydrogen (secondary N) is 1. The van der Waals surface area contributed by atoms with Crippen LogP contribution >= 0.6 is 11.3 Å². The zero-order valence-electron chi connectivity index (χ0n) is 13.8. The van der Waals surface area contributed by atoms with Crippen molar-refractivity contribution in [3.05, 3.63) is 47.8 Å². The van der Waals surface area contributed by atoms with Crippen LogP contribution in [0, 0.1) is 5.92 Å². The van der Waals surface area contributed by atoms with Crippen molar-refractivity contribution in [1.82, 2.24) is 4.98 Å². The zero-order chi connectivity index (χ0) is 16.4. The Kier molecular flexibility index (Phi) is 4.30. The third-order valence-corrected chi connectivity index (χ3v) is 5.48. The van der Waals surface area contributed by atoms with Crippen molar-refractivity contribution < 1.29 is 0 Å². The van der Waals surface area contributed by atoms with Crippen LogP contribution in [0.4, 0.5) is 5.13 Å². The van der Waals surface area contributed by atoms with Crippen LogP contribution < -0.4 is 5.43 Å². The Hall–Kier alpha value is -2.20. The largest absolute Gasteiger partial charge is 0.253 e. The molecule has 0 spiro atoms. The highest BCUT2D eigenvalue weighted by Gasteiger charge is 2.16. The van der Waals surface area contributed by atoms with Crippen LogP contribution in [-0.2, 0) is 0 Å². The molecule has 24 heavy (non-hydrogen) atoms. The van der Waals surface area contributed by atoms with Crippen LogP contribution in [0.15, 0.2) is 52.9 Å². The van der Waals surface area contributed by atoms with Gasteiger partial charge in [0, 0.05) is 16.7 Å². The third-order valence-electron chi connectivity index (χ3n) is 4.73. The Balaban J connectivity index is 1.54. The Bertz CT molecular complexity index is 881. The number of hydrogen-bond donors (Lipinski definition) is 1. The fourth-order valence-electron chi connectivity index (χ4n) is 3.26. The van der Waals surface area contributed by atoms with Gasteiger partial charge in [0.05, 0.1) is 5.69 Å². The molecule has 3 aromatic rings. The van der Waals surface area contributed by atoms with E-state index >= 15 is 0 Å². The number of nitrogens with zero attached hydrogens (tertiary/aromatic N) is 2. The lowest BCUT2D eigenvalue weighted by atomic mass is 9.89. The van der Waals surface area contributed by atoms with Crippen LogP contribution in [0.3, 0.4) is 0 Å². The number of anilines is 1. The lowest BCUT2D eigenvalue weighted by molar-refractivity contribution is 0.558. The van der Waals surface area contributed by atoms with Gasteiger partial charge in [0.25, 0.3) is 0 Å². The molecule has 0 saturated heterocycles. The fraction of sp³-hybridized carbons (Fsp3) is 0.300. The lowest BCUT2D eigenvalue weighted by Crippen LogP contribution is -2.17. The monoisotopic (exact) mass is 335 g/mol. The first-order valence-electron chi connectivity index (χ1n) is 8.57. The smallest absolute Gasteiger partial charge is 0.203 e. The molecule has 1 aliphatic rings. The molecule has 4 heteroatoms. The summed E-state index contributed by atoms with van der Waals surface area (Å²) >= 11 is 1.61. The molecule has 1 saturated carbocycles. The molecule has 4 rings (SSSR count). The molecule has 0 radical (unpaired) electrons. The summed E-state index contributed by atoms with van der Waals surface area (Å²) in [6.07, 6.45) is 4.94.